The molecule has 0 radical (unpaired) electrons. The molecule has 0 aromatic heterocycles. The summed E-state index contributed by atoms with van der Waals surface area (Å²) >= 11 is 0. The number of carbonyl (C=O) groups is 1. The summed E-state index contributed by atoms with van der Waals surface area (Å²) < 4.78 is 9.29. The second kappa shape index (κ2) is 6.53. The van der Waals surface area contributed by atoms with Crippen LogP contribution < -0.4 is 0 Å². The van der Waals surface area contributed by atoms with Gasteiger partial charge in [-0.1, -0.05) is 0 Å². The van der Waals surface area contributed by atoms with Gasteiger partial charge in [0.05, 0.1) is 6.61 Å². The molecule has 0 aromatic carbocycles. The molecule has 0 fully saturated rings. The third-order valence-electron chi connectivity index (χ3n) is 0.953. The third kappa shape index (κ3) is 6.94. The van der Waals surface area contributed by atoms with Crippen LogP contribution in [0.25, 0.3) is 0 Å². The molecule has 0 aliphatic rings. The predicted octanol–water partition coefficient (Wildman–Crippen LogP) is -0.157. The lowest BCUT2D eigenvalue weighted by Crippen LogP contribution is -2.18. The summed E-state index contributed by atoms with van der Waals surface area (Å²) in [4.78, 5) is 19.5. The summed E-state index contributed by atoms with van der Waals surface area (Å²) in [5.41, 5.74) is 0. The summed E-state index contributed by atoms with van der Waals surface area (Å²) in [5.74, 6) is -0.834. The largest absolute Gasteiger partial charge is 0.458 e. The number of hydrogen-bond donors (Lipinski definition) is 0. The van der Waals surface area contributed by atoms with Gasteiger partial charge < -0.3 is 9.47 Å². The predicted molar refractivity (Wildman–Crippen MR) is 39.3 cm³/mol. The van der Waals surface area contributed by atoms with Gasteiger partial charge in [-0.05, 0) is 6.92 Å². The molecule has 0 amide bonds. The molecular weight excluding hydrogens is 166 g/mol. The number of ether oxygens (including phenoxy) is 2. The number of nitrogens with zero attached hydrogens (tertiary/aromatic N) is 1. The van der Waals surface area contributed by atoms with Gasteiger partial charge in [-0.3, -0.25) is 10.1 Å². The Hall–Kier alpha value is -1.17. The normalized spacial score (nSPS) is 9.42. The standard InChI is InChI=1S/C6H11NO5/c1-2-11-3-4-12-6(8)5-7(9)10/h2-5H2,1H3. The highest BCUT2D eigenvalue weighted by Gasteiger charge is 2.09. The quantitative estimate of drug-likeness (QED) is 0.244. The van der Waals surface area contributed by atoms with E-state index < -0.39 is 17.4 Å². The molecule has 0 saturated heterocycles. The number of carbonyl (C=O) groups excluding carboxylic acids is 1. The first-order chi connectivity index (χ1) is 5.66. The molecule has 0 rings (SSSR count). The van der Waals surface area contributed by atoms with Crippen LogP contribution >= 0.6 is 0 Å². The second-order valence-corrected chi connectivity index (χ2v) is 1.91. The fourth-order valence-corrected chi connectivity index (χ4v) is 0.510. The Labute approximate surface area is 69.6 Å². The summed E-state index contributed by atoms with van der Waals surface area (Å²) in [6, 6.07) is 0. The SMILES string of the molecule is CCOCCOC(=O)C[N+](=O)[O-]. The Kier molecular flexibility index (Phi) is 5.90. The van der Waals surface area contributed by atoms with Gasteiger partial charge in [0.2, 0.25) is 0 Å². The van der Waals surface area contributed by atoms with Crippen LogP contribution in [0.4, 0.5) is 0 Å². The summed E-state index contributed by atoms with van der Waals surface area (Å²) in [6.45, 7) is 1.90. The first-order valence-corrected chi connectivity index (χ1v) is 3.52. The molecule has 0 aliphatic carbocycles. The maximum Gasteiger partial charge on any atom is 0.378 e. The van der Waals surface area contributed by atoms with Gasteiger partial charge in [0, 0.05) is 11.5 Å². The van der Waals surface area contributed by atoms with E-state index in [4.69, 9.17) is 4.74 Å². The van der Waals surface area contributed by atoms with Crippen LogP contribution in [0.2, 0.25) is 0 Å². The lowest BCUT2D eigenvalue weighted by Gasteiger charge is -2.01. The van der Waals surface area contributed by atoms with E-state index in [0.29, 0.717) is 6.61 Å². The van der Waals surface area contributed by atoms with Crippen molar-refractivity contribution in [3.8, 4) is 0 Å². The second-order valence-electron chi connectivity index (χ2n) is 1.91. The van der Waals surface area contributed by atoms with Crippen LogP contribution in [0.5, 0.6) is 0 Å². The zero-order chi connectivity index (χ0) is 9.40. The highest BCUT2D eigenvalue weighted by atomic mass is 16.6. The molecule has 0 N–H and O–H groups in total. The van der Waals surface area contributed by atoms with Crippen LogP contribution in [-0.2, 0) is 14.3 Å². The van der Waals surface area contributed by atoms with Gasteiger partial charge >= 0.3 is 5.97 Å². The molecule has 0 aliphatic heterocycles. The maximum absolute atomic E-state index is 10.5. The number of nitro groups is 1. The van der Waals surface area contributed by atoms with E-state index in [1.54, 1.807) is 6.92 Å². The van der Waals surface area contributed by atoms with Gasteiger partial charge in [0.15, 0.2) is 0 Å². The summed E-state index contributed by atoms with van der Waals surface area (Å²) in [5, 5.41) is 9.77. The number of hydrogen-bond acceptors (Lipinski definition) is 5. The van der Waals surface area contributed by atoms with Crippen molar-refractivity contribution >= 4 is 5.97 Å². The highest BCUT2D eigenvalue weighted by Crippen LogP contribution is 1.81. The Morgan fingerprint density at radius 3 is 2.67 bits per heavy atom. The number of rotatable bonds is 6. The van der Waals surface area contributed by atoms with E-state index in [2.05, 4.69) is 4.74 Å². The van der Waals surface area contributed by atoms with Crippen molar-refractivity contribution in [3.05, 3.63) is 10.1 Å². The molecule has 6 nitrogen and oxygen atoms in total. The average molecular weight is 177 g/mol. The highest BCUT2D eigenvalue weighted by molar-refractivity contribution is 5.70. The van der Waals surface area contributed by atoms with Gasteiger partial charge in [-0.25, -0.2) is 4.79 Å². The fraction of sp³-hybridized carbons (Fsp3) is 0.833. The molecule has 70 valence electrons. The van der Waals surface area contributed by atoms with E-state index in [1.165, 1.54) is 0 Å². The first kappa shape index (κ1) is 10.8. The minimum absolute atomic E-state index is 0.0700. The van der Waals surface area contributed by atoms with Crippen molar-refractivity contribution in [2.45, 2.75) is 6.92 Å². The topological polar surface area (TPSA) is 78.7 Å². The molecule has 12 heavy (non-hydrogen) atoms. The van der Waals surface area contributed by atoms with Crippen LogP contribution in [-0.4, -0.2) is 37.3 Å². The van der Waals surface area contributed by atoms with E-state index in [9.17, 15) is 14.9 Å². The van der Waals surface area contributed by atoms with Crippen molar-refractivity contribution in [1.82, 2.24) is 0 Å². The molecule has 0 bridgehead atoms. The smallest absolute Gasteiger partial charge is 0.378 e. The van der Waals surface area contributed by atoms with Gasteiger partial charge in [-0.15, -0.1) is 0 Å². The Morgan fingerprint density at radius 1 is 1.50 bits per heavy atom. The Bertz CT molecular complexity index is 158. The van der Waals surface area contributed by atoms with Crippen LogP contribution in [0, 0.1) is 10.1 Å². The zero-order valence-corrected chi connectivity index (χ0v) is 6.82. The molecule has 6 heteroatoms. The Balaban J connectivity index is 3.26. The maximum atomic E-state index is 10.5. The van der Waals surface area contributed by atoms with Gasteiger partial charge in [0.25, 0.3) is 6.54 Å². The zero-order valence-electron chi connectivity index (χ0n) is 6.82. The van der Waals surface area contributed by atoms with Crippen LogP contribution in [0.3, 0.4) is 0 Å². The van der Waals surface area contributed by atoms with Gasteiger partial charge in [-0.2, -0.15) is 0 Å². The van der Waals surface area contributed by atoms with Crippen LogP contribution in [0.15, 0.2) is 0 Å². The fourth-order valence-electron chi connectivity index (χ4n) is 0.510. The van der Waals surface area contributed by atoms with Crippen molar-refractivity contribution < 1.29 is 19.2 Å². The van der Waals surface area contributed by atoms with Crippen molar-refractivity contribution in [2.24, 2.45) is 0 Å². The average Bonchev–Trinajstić information content (AvgIpc) is 1.97. The molecule has 0 spiro atoms. The van der Waals surface area contributed by atoms with E-state index in [0.717, 1.165) is 0 Å². The van der Waals surface area contributed by atoms with Crippen molar-refractivity contribution in [3.63, 3.8) is 0 Å². The van der Waals surface area contributed by atoms with E-state index >= 15 is 0 Å². The first-order valence-electron chi connectivity index (χ1n) is 3.52. The lowest BCUT2D eigenvalue weighted by molar-refractivity contribution is -0.470. The van der Waals surface area contributed by atoms with Gasteiger partial charge in [0.1, 0.15) is 6.61 Å². The van der Waals surface area contributed by atoms with Crippen LogP contribution in [0.1, 0.15) is 6.92 Å². The van der Waals surface area contributed by atoms with Crippen molar-refractivity contribution in [1.29, 1.82) is 0 Å². The molecule has 0 unspecified atom stereocenters. The summed E-state index contributed by atoms with van der Waals surface area (Å²) in [7, 11) is 0. The van der Waals surface area contributed by atoms with E-state index in [1.807, 2.05) is 0 Å². The van der Waals surface area contributed by atoms with E-state index in [-0.39, 0.29) is 13.2 Å². The molecule has 0 saturated carbocycles. The number of esters is 1. The minimum atomic E-state index is -0.834. The Morgan fingerprint density at radius 2 is 2.17 bits per heavy atom. The molecule has 0 heterocycles. The minimum Gasteiger partial charge on any atom is -0.458 e. The molecule has 0 aromatic rings. The molecular formula is C6H11NO5. The third-order valence-corrected chi connectivity index (χ3v) is 0.953. The van der Waals surface area contributed by atoms with Crippen molar-refractivity contribution in [2.75, 3.05) is 26.4 Å². The monoisotopic (exact) mass is 177 g/mol. The lowest BCUT2D eigenvalue weighted by atomic mass is 10.6. The summed E-state index contributed by atoms with van der Waals surface area (Å²) in [6.07, 6.45) is 0. The molecule has 0 atom stereocenters.